The van der Waals surface area contributed by atoms with Crippen LogP contribution in [-0.2, 0) is 16.0 Å². The van der Waals surface area contributed by atoms with E-state index in [2.05, 4.69) is 16.0 Å². The Bertz CT molecular complexity index is 717. The first-order chi connectivity index (χ1) is 12.0. The standard InChI is InChI=1S/C17H18ClN3O3S/c18-13-5-3-12(4-6-13)7-8-19-15(22)10-20-16(23)11-21-17(24)14-2-1-9-25-14/h1-6,9H,7-8,10-11H2,(H,19,22)(H,20,23)(H,21,24). The van der Waals surface area contributed by atoms with Gasteiger partial charge in [-0.1, -0.05) is 29.8 Å². The molecule has 8 heteroatoms. The number of carbonyl (C=O) groups excluding carboxylic acids is 3. The average Bonchev–Trinajstić information content (AvgIpc) is 3.14. The molecule has 0 aliphatic carbocycles. The van der Waals surface area contributed by atoms with Crippen LogP contribution in [0.3, 0.4) is 0 Å². The van der Waals surface area contributed by atoms with E-state index in [-0.39, 0.29) is 24.9 Å². The first-order valence-electron chi connectivity index (χ1n) is 7.64. The van der Waals surface area contributed by atoms with Crippen LogP contribution in [0.2, 0.25) is 5.02 Å². The van der Waals surface area contributed by atoms with Crippen molar-refractivity contribution >= 4 is 40.7 Å². The van der Waals surface area contributed by atoms with E-state index in [4.69, 9.17) is 11.6 Å². The second-order valence-electron chi connectivity index (χ2n) is 5.16. The van der Waals surface area contributed by atoms with Gasteiger partial charge in [-0.15, -0.1) is 11.3 Å². The molecule has 132 valence electrons. The van der Waals surface area contributed by atoms with Crippen molar-refractivity contribution in [2.24, 2.45) is 0 Å². The van der Waals surface area contributed by atoms with Crippen LogP contribution in [0, 0.1) is 0 Å². The molecule has 0 fully saturated rings. The molecule has 6 nitrogen and oxygen atoms in total. The van der Waals surface area contributed by atoms with E-state index >= 15 is 0 Å². The molecule has 0 aliphatic rings. The number of hydrogen-bond acceptors (Lipinski definition) is 4. The normalized spacial score (nSPS) is 10.1. The quantitative estimate of drug-likeness (QED) is 0.651. The van der Waals surface area contributed by atoms with E-state index in [0.29, 0.717) is 22.9 Å². The third kappa shape index (κ3) is 6.94. The molecule has 1 heterocycles. The molecule has 3 amide bonds. The van der Waals surface area contributed by atoms with Crippen LogP contribution in [0.1, 0.15) is 15.2 Å². The Balaban J connectivity index is 1.58. The Hall–Kier alpha value is -2.38. The van der Waals surface area contributed by atoms with Gasteiger partial charge in [0.2, 0.25) is 11.8 Å². The Kier molecular flexibility index (Phi) is 7.43. The van der Waals surface area contributed by atoms with Gasteiger partial charge in [0, 0.05) is 11.6 Å². The third-order valence-corrected chi connectivity index (χ3v) is 4.37. The molecule has 1 aromatic carbocycles. The fourth-order valence-corrected chi connectivity index (χ4v) is 2.72. The highest BCUT2D eigenvalue weighted by molar-refractivity contribution is 7.12. The number of amides is 3. The van der Waals surface area contributed by atoms with Crippen molar-refractivity contribution in [3.8, 4) is 0 Å². The molecular formula is C17H18ClN3O3S. The lowest BCUT2D eigenvalue weighted by Gasteiger charge is -2.08. The van der Waals surface area contributed by atoms with Gasteiger partial charge in [-0.25, -0.2) is 0 Å². The summed E-state index contributed by atoms with van der Waals surface area (Å²) in [5, 5.41) is 10.1. The van der Waals surface area contributed by atoms with E-state index in [1.807, 2.05) is 12.1 Å². The third-order valence-electron chi connectivity index (χ3n) is 3.25. The van der Waals surface area contributed by atoms with Gasteiger partial charge in [0.25, 0.3) is 5.91 Å². The molecule has 2 rings (SSSR count). The van der Waals surface area contributed by atoms with Crippen LogP contribution in [-0.4, -0.2) is 37.4 Å². The molecule has 3 N–H and O–H groups in total. The van der Waals surface area contributed by atoms with Crippen molar-refractivity contribution in [2.75, 3.05) is 19.6 Å². The van der Waals surface area contributed by atoms with Crippen LogP contribution < -0.4 is 16.0 Å². The van der Waals surface area contributed by atoms with Gasteiger partial charge >= 0.3 is 0 Å². The Morgan fingerprint density at radius 3 is 2.28 bits per heavy atom. The number of carbonyl (C=O) groups is 3. The van der Waals surface area contributed by atoms with Crippen LogP contribution in [0.25, 0.3) is 0 Å². The molecule has 25 heavy (non-hydrogen) atoms. The maximum Gasteiger partial charge on any atom is 0.261 e. The summed E-state index contributed by atoms with van der Waals surface area (Å²) < 4.78 is 0. The van der Waals surface area contributed by atoms with E-state index in [0.717, 1.165) is 5.56 Å². The second-order valence-corrected chi connectivity index (χ2v) is 6.55. The fraction of sp³-hybridized carbons (Fsp3) is 0.235. The lowest BCUT2D eigenvalue weighted by atomic mass is 10.1. The van der Waals surface area contributed by atoms with Gasteiger partial charge < -0.3 is 16.0 Å². The number of rotatable bonds is 8. The Morgan fingerprint density at radius 2 is 1.60 bits per heavy atom. The van der Waals surface area contributed by atoms with Crippen molar-refractivity contribution in [3.05, 3.63) is 57.2 Å². The SMILES string of the molecule is O=C(CNC(=O)CNC(=O)c1cccs1)NCCc1ccc(Cl)cc1. The highest BCUT2D eigenvalue weighted by Gasteiger charge is 2.09. The largest absolute Gasteiger partial charge is 0.354 e. The predicted molar refractivity (Wildman–Crippen MR) is 97.8 cm³/mol. The molecular weight excluding hydrogens is 362 g/mol. The molecule has 1 aromatic heterocycles. The summed E-state index contributed by atoms with van der Waals surface area (Å²) in [7, 11) is 0. The summed E-state index contributed by atoms with van der Waals surface area (Å²) in [5.41, 5.74) is 1.06. The number of thiophene rings is 1. The van der Waals surface area contributed by atoms with Gasteiger partial charge in [0.15, 0.2) is 0 Å². The minimum absolute atomic E-state index is 0.131. The van der Waals surface area contributed by atoms with Gasteiger partial charge in [0.1, 0.15) is 0 Å². The number of hydrogen-bond donors (Lipinski definition) is 3. The van der Waals surface area contributed by atoms with Gasteiger partial charge in [0.05, 0.1) is 18.0 Å². The van der Waals surface area contributed by atoms with Gasteiger partial charge in [-0.05, 0) is 35.6 Å². The van der Waals surface area contributed by atoms with E-state index in [1.165, 1.54) is 11.3 Å². The highest BCUT2D eigenvalue weighted by Crippen LogP contribution is 2.09. The van der Waals surface area contributed by atoms with Crippen molar-refractivity contribution in [1.82, 2.24) is 16.0 Å². The zero-order valence-corrected chi connectivity index (χ0v) is 15.0. The van der Waals surface area contributed by atoms with Crippen LogP contribution in [0.5, 0.6) is 0 Å². The summed E-state index contributed by atoms with van der Waals surface area (Å²) in [4.78, 5) is 35.5. The van der Waals surface area contributed by atoms with Crippen LogP contribution in [0.15, 0.2) is 41.8 Å². The van der Waals surface area contributed by atoms with Crippen molar-refractivity contribution in [3.63, 3.8) is 0 Å². The van der Waals surface area contributed by atoms with Gasteiger partial charge in [-0.2, -0.15) is 0 Å². The molecule has 2 aromatic rings. The van der Waals surface area contributed by atoms with Crippen molar-refractivity contribution in [2.45, 2.75) is 6.42 Å². The maximum atomic E-state index is 11.7. The Labute approximate surface area is 154 Å². The molecule has 0 saturated carbocycles. The molecule has 0 unspecified atom stereocenters. The summed E-state index contributed by atoms with van der Waals surface area (Å²) >= 11 is 7.10. The van der Waals surface area contributed by atoms with Crippen LogP contribution >= 0.6 is 22.9 Å². The highest BCUT2D eigenvalue weighted by atomic mass is 35.5. The first-order valence-corrected chi connectivity index (χ1v) is 8.90. The Morgan fingerprint density at radius 1 is 0.920 bits per heavy atom. The smallest absolute Gasteiger partial charge is 0.261 e. The zero-order chi connectivity index (χ0) is 18.1. The number of benzene rings is 1. The zero-order valence-electron chi connectivity index (χ0n) is 13.4. The van der Waals surface area contributed by atoms with E-state index in [9.17, 15) is 14.4 Å². The average molecular weight is 380 g/mol. The predicted octanol–water partition coefficient (Wildman–Crippen LogP) is 1.61. The van der Waals surface area contributed by atoms with Crippen LogP contribution in [0.4, 0.5) is 0 Å². The first kappa shape index (κ1) is 19.0. The summed E-state index contributed by atoms with van der Waals surface area (Å²) in [5.74, 6) is -1.01. The molecule has 0 spiro atoms. The number of nitrogens with one attached hydrogen (secondary N) is 3. The van der Waals surface area contributed by atoms with Crippen molar-refractivity contribution in [1.29, 1.82) is 0 Å². The monoisotopic (exact) mass is 379 g/mol. The lowest BCUT2D eigenvalue weighted by molar-refractivity contribution is -0.125. The molecule has 0 atom stereocenters. The van der Waals surface area contributed by atoms with Crippen molar-refractivity contribution < 1.29 is 14.4 Å². The topological polar surface area (TPSA) is 87.3 Å². The molecule has 0 radical (unpaired) electrons. The van der Waals surface area contributed by atoms with E-state index in [1.54, 1.807) is 29.6 Å². The van der Waals surface area contributed by atoms with E-state index < -0.39 is 5.91 Å². The molecule has 0 bridgehead atoms. The minimum Gasteiger partial charge on any atom is -0.354 e. The molecule has 0 aliphatic heterocycles. The molecule has 0 saturated heterocycles. The minimum atomic E-state index is -0.419. The fourth-order valence-electron chi connectivity index (χ4n) is 1.96. The lowest BCUT2D eigenvalue weighted by Crippen LogP contribution is -2.42. The summed E-state index contributed by atoms with van der Waals surface area (Å²) in [6.07, 6.45) is 0.674. The summed E-state index contributed by atoms with van der Waals surface area (Å²) in [6.45, 7) is 0.161. The number of halogens is 1. The second kappa shape index (κ2) is 9.80. The summed E-state index contributed by atoms with van der Waals surface area (Å²) in [6, 6.07) is 10.8. The van der Waals surface area contributed by atoms with Gasteiger partial charge in [-0.3, -0.25) is 14.4 Å². The maximum absolute atomic E-state index is 11.7.